The minimum absolute atomic E-state index is 0.0119. The van der Waals surface area contributed by atoms with Crippen molar-refractivity contribution < 1.29 is 14.7 Å². The lowest BCUT2D eigenvalue weighted by molar-refractivity contribution is -0.0923. The molecule has 1 aliphatic rings. The fourth-order valence-electron chi connectivity index (χ4n) is 2.41. The van der Waals surface area contributed by atoms with Crippen molar-refractivity contribution in [2.75, 3.05) is 20.1 Å². The van der Waals surface area contributed by atoms with E-state index in [0.29, 0.717) is 13.1 Å². The normalized spacial score (nSPS) is 23.6. The summed E-state index contributed by atoms with van der Waals surface area (Å²) in [4.78, 5) is 14.1. The Labute approximate surface area is 116 Å². The summed E-state index contributed by atoms with van der Waals surface area (Å²) in [6, 6.07) is 0.0119. The standard InChI is InChI=1S/C14H28N2O3/c1-13(2,3)19-12(17)16-10-14(4,5)8-7-11(16)9-15(6)18/h11,18H,7-10H2,1-6H3. The fraction of sp³-hybridized carbons (Fsp3) is 0.929. The number of likely N-dealkylation sites (tertiary alicyclic amines) is 1. The largest absolute Gasteiger partial charge is 0.444 e. The Bertz CT molecular complexity index is 321. The Kier molecular flexibility index (Phi) is 4.85. The number of hydroxylamine groups is 2. The molecule has 0 radical (unpaired) electrons. The zero-order valence-corrected chi connectivity index (χ0v) is 13.1. The van der Waals surface area contributed by atoms with Crippen molar-refractivity contribution in [2.24, 2.45) is 5.41 Å². The molecule has 0 aromatic rings. The highest BCUT2D eigenvalue weighted by Gasteiger charge is 2.38. The first-order chi connectivity index (χ1) is 8.50. The number of nitrogens with zero attached hydrogens (tertiary/aromatic N) is 2. The van der Waals surface area contributed by atoms with Gasteiger partial charge in [0.2, 0.25) is 0 Å². The molecule has 1 atom stereocenters. The Morgan fingerprint density at radius 2 is 2.05 bits per heavy atom. The molecule has 1 unspecified atom stereocenters. The molecule has 5 nitrogen and oxygen atoms in total. The number of amides is 1. The minimum atomic E-state index is -0.492. The van der Waals surface area contributed by atoms with Crippen LogP contribution in [0.2, 0.25) is 0 Å². The Hall–Kier alpha value is -0.810. The maximum Gasteiger partial charge on any atom is 0.410 e. The van der Waals surface area contributed by atoms with Crippen molar-refractivity contribution in [3.8, 4) is 0 Å². The van der Waals surface area contributed by atoms with Gasteiger partial charge in [0.15, 0.2) is 0 Å². The van der Waals surface area contributed by atoms with Gasteiger partial charge >= 0.3 is 6.09 Å². The van der Waals surface area contributed by atoms with Gasteiger partial charge in [0, 0.05) is 20.1 Å². The molecule has 0 saturated carbocycles. The highest BCUT2D eigenvalue weighted by Crippen LogP contribution is 2.33. The van der Waals surface area contributed by atoms with Gasteiger partial charge in [-0.3, -0.25) is 0 Å². The number of carbonyl (C=O) groups is 1. The number of hydrogen-bond acceptors (Lipinski definition) is 4. The van der Waals surface area contributed by atoms with Crippen LogP contribution in [0.3, 0.4) is 0 Å². The molecule has 0 spiro atoms. The zero-order chi connectivity index (χ0) is 14.8. The number of hydrogen-bond donors (Lipinski definition) is 1. The van der Waals surface area contributed by atoms with E-state index in [1.807, 2.05) is 20.8 Å². The van der Waals surface area contributed by atoms with Gasteiger partial charge in [-0.15, -0.1) is 0 Å². The van der Waals surface area contributed by atoms with Crippen LogP contribution < -0.4 is 0 Å². The number of piperidine rings is 1. The molecule has 1 N–H and O–H groups in total. The topological polar surface area (TPSA) is 53.0 Å². The number of carbonyl (C=O) groups excluding carboxylic acids is 1. The van der Waals surface area contributed by atoms with Crippen molar-refractivity contribution in [3.05, 3.63) is 0 Å². The summed E-state index contributed by atoms with van der Waals surface area (Å²) in [7, 11) is 1.60. The van der Waals surface area contributed by atoms with Crippen molar-refractivity contribution in [1.82, 2.24) is 9.96 Å². The van der Waals surface area contributed by atoms with Crippen LogP contribution in [0.4, 0.5) is 4.79 Å². The summed E-state index contributed by atoms with van der Waals surface area (Å²) in [6.45, 7) is 11.0. The van der Waals surface area contributed by atoms with Crippen LogP contribution in [0.5, 0.6) is 0 Å². The summed E-state index contributed by atoms with van der Waals surface area (Å²) in [6.07, 6.45) is 1.65. The Morgan fingerprint density at radius 3 is 2.53 bits per heavy atom. The van der Waals surface area contributed by atoms with Crippen molar-refractivity contribution in [3.63, 3.8) is 0 Å². The van der Waals surface area contributed by atoms with Crippen LogP contribution in [-0.2, 0) is 4.74 Å². The second kappa shape index (κ2) is 5.67. The average Bonchev–Trinajstić information content (AvgIpc) is 2.17. The molecule has 1 saturated heterocycles. The van der Waals surface area contributed by atoms with Gasteiger partial charge < -0.3 is 14.8 Å². The number of rotatable bonds is 2. The van der Waals surface area contributed by atoms with E-state index in [2.05, 4.69) is 13.8 Å². The van der Waals surface area contributed by atoms with E-state index >= 15 is 0 Å². The molecular weight excluding hydrogens is 244 g/mol. The fourth-order valence-corrected chi connectivity index (χ4v) is 2.41. The molecule has 0 aromatic heterocycles. The second-order valence-electron chi connectivity index (χ2n) is 7.31. The lowest BCUT2D eigenvalue weighted by Crippen LogP contribution is -2.54. The Balaban J connectivity index is 2.79. The summed E-state index contributed by atoms with van der Waals surface area (Å²) < 4.78 is 5.47. The maximum atomic E-state index is 12.3. The van der Waals surface area contributed by atoms with Crippen LogP contribution >= 0.6 is 0 Å². The zero-order valence-electron chi connectivity index (χ0n) is 13.1. The van der Waals surface area contributed by atoms with Crippen molar-refractivity contribution in [1.29, 1.82) is 0 Å². The van der Waals surface area contributed by atoms with E-state index in [9.17, 15) is 10.0 Å². The summed E-state index contributed by atoms with van der Waals surface area (Å²) in [5.74, 6) is 0. The van der Waals surface area contributed by atoms with E-state index in [-0.39, 0.29) is 17.6 Å². The highest BCUT2D eigenvalue weighted by atomic mass is 16.6. The first kappa shape index (κ1) is 16.2. The lowest BCUT2D eigenvalue weighted by atomic mass is 9.81. The molecule has 0 bridgehead atoms. The molecule has 112 valence electrons. The van der Waals surface area contributed by atoms with Crippen LogP contribution in [0.15, 0.2) is 0 Å². The molecule has 5 heteroatoms. The first-order valence-electron chi connectivity index (χ1n) is 6.90. The van der Waals surface area contributed by atoms with Gasteiger partial charge in [0.1, 0.15) is 5.60 Å². The van der Waals surface area contributed by atoms with Gasteiger partial charge in [0.25, 0.3) is 0 Å². The summed E-state index contributed by atoms with van der Waals surface area (Å²) in [5.41, 5.74) is -0.393. The third-order valence-corrected chi connectivity index (χ3v) is 3.30. The highest BCUT2D eigenvalue weighted by molar-refractivity contribution is 5.68. The molecule has 1 amide bonds. The van der Waals surface area contributed by atoms with E-state index in [0.717, 1.165) is 17.9 Å². The average molecular weight is 272 g/mol. The maximum absolute atomic E-state index is 12.3. The Morgan fingerprint density at radius 1 is 1.47 bits per heavy atom. The van der Waals surface area contributed by atoms with Crippen LogP contribution in [-0.4, -0.2) is 53.0 Å². The number of likely N-dealkylation sites (N-methyl/N-ethyl adjacent to an activating group) is 1. The second-order valence-corrected chi connectivity index (χ2v) is 7.31. The number of ether oxygens (including phenoxy) is 1. The summed E-state index contributed by atoms with van der Waals surface area (Å²) in [5, 5.41) is 10.6. The molecule has 1 rings (SSSR count). The van der Waals surface area contributed by atoms with Gasteiger partial charge in [0.05, 0.1) is 6.04 Å². The first-order valence-corrected chi connectivity index (χ1v) is 6.90. The predicted molar refractivity (Wildman–Crippen MR) is 74.2 cm³/mol. The monoisotopic (exact) mass is 272 g/mol. The lowest BCUT2D eigenvalue weighted by Gasteiger charge is -2.44. The molecule has 0 aliphatic carbocycles. The third-order valence-electron chi connectivity index (χ3n) is 3.30. The van der Waals surface area contributed by atoms with Crippen LogP contribution in [0, 0.1) is 5.41 Å². The van der Waals surface area contributed by atoms with Crippen molar-refractivity contribution in [2.45, 2.75) is 59.1 Å². The molecule has 1 fully saturated rings. The minimum Gasteiger partial charge on any atom is -0.444 e. The van der Waals surface area contributed by atoms with E-state index in [4.69, 9.17) is 4.74 Å². The molecule has 1 heterocycles. The summed E-state index contributed by atoms with van der Waals surface area (Å²) >= 11 is 0. The molecule has 0 aromatic carbocycles. The predicted octanol–water partition coefficient (Wildman–Crippen LogP) is 2.73. The van der Waals surface area contributed by atoms with Gasteiger partial charge in [-0.05, 0) is 39.0 Å². The molecule has 1 aliphatic heterocycles. The van der Waals surface area contributed by atoms with E-state index < -0.39 is 5.60 Å². The SMILES string of the molecule is CN(O)CC1CCC(C)(C)CN1C(=O)OC(C)(C)C. The molecular formula is C14H28N2O3. The quantitative estimate of drug-likeness (QED) is 0.785. The van der Waals surface area contributed by atoms with Crippen LogP contribution in [0.1, 0.15) is 47.5 Å². The third kappa shape index (κ3) is 5.37. The van der Waals surface area contributed by atoms with E-state index in [1.54, 1.807) is 11.9 Å². The van der Waals surface area contributed by atoms with Crippen LogP contribution in [0.25, 0.3) is 0 Å². The van der Waals surface area contributed by atoms with Gasteiger partial charge in [-0.2, -0.15) is 5.06 Å². The molecule has 19 heavy (non-hydrogen) atoms. The van der Waals surface area contributed by atoms with Gasteiger partial charge in [-0.1, -0.05) is 13.8 Å². The smallest absolute Gasteiger partial charge is 0.410 e. The van der Waals surface area contributed by atoms with Crippen molar-refractivity contribution >= 4 is 6.09 Å². The van der Waals surface area contributed by atoms with Gasteiger partial charge in [-0.25, -0.2) is 4.79 Å². The van der Waals surface area contributed by atoms with E-state index in [1.165, 1.54) is 0 Å².